The molecule has 1 aromatic heterocycles. The van der Waals surface area contributed by atoms with Crippen LogP contribution in [0.5, 0.6) is 0 Å². The highest BCUT2D eigenvalue weighted by Gasteiger charge is 2.31. The Balaban J connectivity index is 2.17. The van der Waals surface area contributed by atoms with Crippen molar-refractivity contribution in [2.24, 2.45) is 11.1 Å². The zero-order chi connectivity index (χ0) is 15.8. The smallest absolute Gasteiger partial charge is 0.185 e. The van der Waals surface area contributed by atoms with Crippen molar-refractivity contribution in [3.63, 3.8) is 0 Å². The quantitative estimate of drug-likeness (QED) is 0.905. The molecule has 1 aliphatic carbocycles. The fourth-order valence-corrected chi connectivity index (χ4v) is 4.32. The topological polar surface area (TPSA) is 42.2 Å². The Morgan fingerprint density at radius 3 is 2.29 bits per heavy atom. The molecule has 0 unspecified atom stereocenters. The summed E-state index contributed by atoms with van der Waals surface area (Å²) in [6.07, 6.45) is 5.16. The van der Waals surface area contributed by atoms with Gasteiger partial charge in [0.05, 0.1) is 5.69 Å². The summed E-state index contributed by atoms with van der Waals surface area (Å²) in [4.78, 5) is 8.56. The van der Waals surface area contributed by atoms with E-state index in [9.17, 15) is 0 Å². The molecule has 2 rings (SSSR count). The third-order valence-corrected chi connectivity index (χ3v) is 5.91. The van der Waals surface area contributed by atoms with E-state index in [4.69, 9.17) is 10.7 Å². The monoisotopic (exact) mass is 309 g/mol. The van der Waals surface area contributed by atoms with Gasteiger partial charge in [-0.15, -0.1) is 11.3 Å². The highest BCUT2D eigenvalue weighted by atomic mass is 32.1. The molecule has 0 bridgehead atoms. The van der Waals surface area contributed by atoms with Crippen LogP contribution in [0.15, 0.2) is 0 Å². The van der Waals surface area contributed by atoms with Crippen LogP contribution in [0.2, 0.25) is 0 Å². The van der Waals surface area contributed by atoms with Crippen LogP contribution in [-0.2, 0) is 12.0 Å². The van der Waals surface area contributed by atoms with Gasteiger partial charge in [-0.1, -0.05) is 34.6 Å². The summed E-state index contributed by atoms with van der Waals surface area (Å²) in [5, 5.41) is 1.14. The molecule has 1 aromatic rings. The fourth-order valence-electron chi connectivity index (χ4n) is 3.14. The lowest BCUT2D eigenvalue weighted by Gasteiger charge is -2.38. The van der Waals surface area contributed by atoms with Gasteiger partial charge in [-0.2, -0.15) is 0 Å². The van der Waals surface area contributed by atoms with Gasteiger partial charge >= 0.3 is 0 Å². The Labute approximate surface area is 133 Å². The molecular weight excluding hydrogens is 278 g/mol. The molecule has 0 atom stereocenters. The van der Waals surface area contributed by atoms with Gasteiger partial charge in [0.15, 0.2) is 5.13 Å². The first-order valence-corrected chi connectivity index (χ1v) is 8.89. The number of nitrogens with zero attached hydrogens (tertiary/aromatic N) is 2. The molecule has 1 heterocycles. The first kappa shape index (κ1) is 16.8. The van der Waals surface area contributed by atoms with Crippen LogP contribution in [0.4, 0.5) is 5.13 Å². The van der Waals surface area contributed by atoms with Gasteiger partial charge in [-0.25, -0.2) is 4.98 Å². The highest BCUT2D eigenvalue weighted by molar-refractivity contribution is 7.15. The maximum absolute atomic E-state index is 5.93. The zero-order valence-electron chi connectivity index (χ0n) is 14.5. The number of rotatable bonds is 3. The van der Waals surface area contributed by atoms with Gasteiger partial charge in [-0.3, -0.25) is 0 Å². The molecule has 2 N–H and O–H groups in total. The molecule has 1 fully saturated rings. The van der Waals surface area contributed by atoms with Crippen LogP contribution in [0.3, 0.4) is 0 Å². The Hall–Kier alpha value is -0.610. The Bertz CT molecular complexity index is 475. The van der Waals surface area contributed by atoms with Gasteiger partial charge in [0, 0.05) is 29.9 Å². The van der Waals surface area contributed by atoms with Crippen LogP contribution in [0.25, 0.3) is 0 Å². The number of aromatic nitrogens is 1. The minimum absolute atomic E-state index is 0.0683. The lowest BCUT2D eigenvalue weighted by Crippen LogP contribution is -2.37. The van der Waals surface area contributed by atoms with Gasteiger partial charge < -0.3 is 10.6 Å². The Morgan fingerprint density at radius 1 is 1.29 bits per heavy atom. The van der Waals surface area contributed by atoms with Crippen molar-refractivity contribution in [1.82, 2.24) is 4.98 Å². The summed E-state index contributed by atoms with van der Waals surface area (Å²) in [6.45, 7) is 12.0. The largest absolute Gasteiger partial charge is 0.348 e. The molecule has 120 valence electrons. The normalized spacial score (nSPS) is 19.8. The van der Waals surface area contributed by atoms with Gasteiger partial charge in [0.1, 0.15) is 0 Å². The van der Waals surface area contributed by atoms with E-state index in [1.165, 1.54) is 36.3 Å². The van der Waals surface area contributed by atoms with E-state index in [0.717, 1.165) is 5.13 Å². The van der Waals surface area contributed by atoms with Crippen LogP contribution >= 0.6 is 11.3 Å². The second-order valence-corrected chi connectivity index (χ2v) is 9.29. The van der Waals surface area contributed by atoms with E-state index in [-0.39, 0.29) is 5.41 Å². The molecule has 0 radical (unpaired) electrons. The molecule has 0 saturated heterocycles. The molecule has 0 aromatic carbocycles. The van der Waals surface area contributed by atoms with Crippen molar-refractivity contribution in [1.29, 1.82) is 0 Å². The Kier molecular flexibility index (Phi) is 4.69. The lowest BCUT2D eigenvalue weighted by molar-refractivity contribution is 0.222. The number of hydrogen-bond acceptors (Lipinski definition) is 4. The second-order valence-electron chi connectivity index (χ2n) is 8.23. The maximum Gasteiger partial charge on any atom is 0.185 e. The minimum atomic E-state index is 0.0683. The van der Waals surface area contributed by atoms with Crippen LogP contribution in [0, 0.1) is 5.41 Å². The molecule has 1 aliphatic rings. The van der Waals surface area contributed by atoms with E-state index in [0.29, 0.717) is 18.0 Å². The van der Waals surface area contributed by atoms with E-state index in [2.05, 4.69) is 46.6 Å². The van der Waals surface area contributed by atoms with Crippen molar-refractivity contribution < 1.29 is 0 Å². The van der Waals surface area contributed by atoms with Crippen molar-refractivity contribution >= 4 is 16.5 Å². The van der Waals surface area contributed by atoms with Crippen molar-refractivity contribution in [3.8, 4) is 0 Å². The highest BCUT2D eigenvalue weighted by Crippen LogP contribution is 2.39. The van der Waals surface area contributed by atoms with Gasteiger partial charge in [-0.05, 0) is 31.1 Å². The van der Waals surface area contributed by atoms with Crippen molar-refractivity contribution in [2.45, 2.75) is 78.3 Å². The van der Waals surface area contributed by atoms with Crippen LogP contribution < -0.4 is 10.6 Å². The third-order valence-electron chi connectivity index (χ3n) is 4.74. The van der Waals surface area contributed by atoms with Crippen LogP contribution in [0.1, 0.15) is 70.9 Å². The molecular formula is C17H31N3S. The first-order chi connectivity index (χ1) is 9.64. The van der Waals surface area contributed by atoms with E-state index in [1.54, 1.807) is 11.3 Å². The fraction of sp³-hybridized carbons (Fsp3) is 0.824. The van der Waals surface area contributed by atoms with E-state index >= 15 is 0 Å². The predicted molar refractivity (Wildman–Crippen MR) is 93.1 cm³/mol. The summed E-state index contributed by atoms with van der Waals surface area (Å²) in [6, 6.07) is 0.627. The lowest BCUT2D eigenvalue weighted by atomic mass is 9.75. The number of nitrogens with two attached hydrogens (primary N) is 1. The molecule has 4 heteroatoms. The van der Waals surface area contributed by atoms with E-state index < -0.39 is 0 Å². The molecule has 0 aliphatic heterocycles. The first-order valence-electron chi connectivity index (χ1n) is 8.07. The summed E-state index contributed by atoms with van der Waals surface area (Å²) >= 11 is 1.78. The average molecular weight is 310 g/mol. The Morgan fingerprint density at radius 2 is 1.86 bits per heavy atom. The van der Waals surface area contributed by atoms with Crippen LogP contribution in [-0.4, -0.2) is 18.1 Å². The molecule has 1 saturated carbocycles. The summed E-state index contributed by atoms with van der Waals surface area (Å²) in [5.74, 6) is 0. The van der Waals surface area contributed by atoms with E-state index in [1.807, 2.05) is 0 Å². The molecule has 0 amide bonds. The molecule has 3 nitrogen and oxygen atoms in total. The van der Waals surface area contributed by atoms with Crippen molar-refractivity contribution in [2.75, 3.05) is 11.9 Å². The third kappa shape index (κ3) is 3.78. The number of thiazole rings is 1. The second kappa shape index (κ2) is 5.88. The standard InChI is InChI=1S/C17H31N3S/c1-16(2,3)14-13(11-18)21-15(19-14)20(6)12-7-9-17(4,5)10-8-12/h12H,7-11,18H2,1-6H3. The SMILES string of the molecule is CN(c1nc(C(C)(C)C)c(CN)s1)C1CCC(C)(C)CC1. The molecule has 0 spiro atoms. The van der Waals surface area contributed by atoms with Gasteiger partial charge in [0.2, 0.25) is 0 Å². The summed E-state index contributed by atoms with van der Waals surface area (Å²) in [7, 11) is 2.20. The summed E-state index contributed by atoms with van der Waals surface area (Å²) in [5.41, 5.74) is 7.68. The number of hydrogen-bond donors (Lipinski definition) is 1. The minimum Gasteiger partial charge on any atom is -0.348 e. The predicted octanol–water partition coefficient (Wildman–Crippen LogP) is 4.30. The van der Waals surface area contributed by atoms with Crippen molar-refractivity contribution in [3.05, 3.63) is 10.6 Å². The zero-order valence-corrected chi connectivity index (χ0v) is 15.3. The van der Waals surface area contributed by atoms with Gasteiger partial charge in [0.25, 0.3) is 0 Å². The average Bonchev–Trinajstić information content (AvgIpc) is 2.82. The maximum atomic E-state index is 5.93. The number of anilines is 1. The summed E-state index contributed by atoms with van der Waals surface area (Å²) < 4.78 is 0. The molecule has 21 heavy (non-hydrogen) atoms.